The third kappa shape index (κ3) is 3.17. The van der Waals surface area contributed by atoms with Gasteiger partial charge in [0.2, 0.25) is 5.71 Å². The largest absolute Gasteiger partial charge is 0.455 e. The zero-order chi connectivity index (χ0) is 25.1. The van der Waals surface area contributed by atoms with Crippen molar-refractivity contribution in [1.29, 1.82) is 0 Å². The Morgan fingerprint density at radius 2 is 1.11 bits per heavy atom. The number of furan rings is 2. The molecule has 8 rings (SSSR count). The van der Waals surface area contributed by atoms with Gasteiger partial charge < -0.3 is 8.83 Å². The van der Waals surface area contributed by atoms with Gasteiger partial charge in [0.25, 0.3) is 0 Å². The lowest BCUT2D eigenvalue weighted by molar-refractivity contribution is 0.653. The van der Waals surface area contributed by atoms with Gasteiger partial charge in [-0.3, -0.25) is 0 Å². The molecule has 0 spiro atoms. The summed E-state index contributed by atoms with van der Waals surface area (Å²) in [6.45, 7) is 0. The fourth-order valence-corrected chi connectivity index (χ4v) is 5.33. The standard InChI is InChI=1S/C34H20N2O2/c1-2-9-22(10-3-1)31-30-27-12-5-7-16-29(27)38-34(30)36-33(35-31)23-19-17-21(18-20-23)24-13-8-14-26-25-11-4-6-15-28(25)37-32(24)26/h1-20H. The Hall–Kier alpha value is -5.22. The quantitative estimate of drug-likeness (QED) is 0.249. The van der Waals surface area contributed by atoms with Crippen molar-refractivity contribution in [3.8, 4) is 33.8 Å². The molecule has 0 bridgehead atoms. The molecule has 5 aromatic carbocycles. The molecule has 0 saturated carbocycles. The van der Waals surface area contributed by atoms with E-state index in [0.29, 0.717) is 11.5 Å². The molecule has 3 aromatic heterocycles. The van der Waals surface area contributed by atoms with E-state index in [0.717, 1.165) is 66.2 Å². The average Bonchev–Trinajstić information content (AvgIpc) is 3.56. The number of nitrogens with zero attached hydrogens (tertiary/aromatic N) is 2. The van der Waals surface area contributed by atoms with Crippen LogP contribution in [0.3, 0.4) is 0 Å². The van der Waals surface area contributed by atoms with Crippen molar-refractivity contribution in [1.82, 2.24) is 9.97 Å². The Morgan fingerprint density at radius 3 is 1.92 bits per heavy atom. The molecule has 0 atom stereocenters. The van der Waals surface area contributed by atoms with E-state index in [1.54, 1.807) is 0 Å². The van der Waals surface area contributed by atoms with Gasteiger partial charge in [-0.15, -0.1) is 0 Å². The van der Waals surface area contributed by atoms with Gasteiger partial charge in [0.15, 0.2) is 5.82 Å². The third-order valence-corrected chi connectivity index (χ3v) is 7.14. The molecular weight excluding hydrogens is 468 g/mol. The number of benzene rings is 5. The van der Waals surface area contributed by atoms with E-state index in [2.05, 4.69) is 66.7 Å². The summed E-state index contributed by atoms with van der Waals surface area (Å²) in [4.78, 5) is 9.91. The second-order valence-corrected chi connectivity index (χ2v) is 9.40. The van der Waals surface area contributed by atoms with Crippen molar-refractivity contribution in [2.75, 3.05) is 0 Å². The van der Waals surface area contributed by atoms with Crippen LogP contribution in [-0.2, 0) is 0 Å². The topological polar surface area (TPSA) is 52.1 Å². The lowest BCUT2D eigenvalue weighted by atomic mass is 10.0. The van der Waals surface area contributed by atoms with Crippen LogP contribution in [0.4, 0.5) is 0 Å². The van der Waals surface area contributed by atoms with E-state index in [9.17, 15) is 0 Å². The molecule has 4 heteroatoms. The number of hydrogen-bond acceptors (Lipinski definition) is 4. The Kier molecular flexibility index (Phi) is 4.49. The van der Waals surface area contributed by atoms with Gasteiger partial charge in [-0.1, -0.05) is 109 Å². The molecular formula is C34H20N2O2. The van der Waals surface area contributed by atoms with Gasteiger partial charge in [0.1, 0.15) is 16.7 Å². The predicted octanol–water partition coefficient (Wildman–Crippen LogP) is 9.28. The van der Waals surface area contributed by atoms with Crippen molar-refractivity contribution < 1.29 is 8.83 Å². The Morgan fingerprint density at radius 1 is 0.447 bits per heavy atom. The summed E-state index contributed by atoms with van der Waals surface area (Å²) in [5.74, 6) is 0.629. The van der Waals surface area contributed by atoms with Crippen LogP contribution in [0.25, 0.3) is 77.8 Å². The van der Waals surface area contributed by atoms with Crippen molar-refractivity contribution in [2.24, 2.45) is 0 Å². The number of hydrogen-bond donors (Lipinski definition) is 0. The maximum absolute atomic E-state index is 6.26. The number of fused-ring (bicyclic) bond motifs is 6. The zero-order valence-electron chi connectivity index (χ0n) is 20.3. The first kappa shape index (κ1) is 20.9. The highest BCUT2D eigenvalue weighted by Crippen LogP contribution is 2.38. The minimum absolute atomic E-state index is 0.589. The van der Waals surface area contributed by atoms with Gasteiger partial charge in [-0.2, -0.15) is 4.98 Å². The number of rotatable bonds is 3. The second-order valence-electron chi connectivity index (χ2n) is 9.40. The van der Waals surface area contributed by atoms with Gasteiger partial charge in [0, 0.05) is 32.8 Å². The molecule has 0 aliphatic heterocycles. The summed E-state index contributed by atoms with van der Waals surface area (Å²) < 4.78 is 12.4. The number of aromatic nitrogens is 2. The van der Waals surface area contributed by atoms with E-state index in [1.165, 1.54) is 0 Å². The van der Waals surface area contributed by atoms with E-state index < -0.39 is 0 Å². The van der Waals surface area contributed by atoms with Crippen LogP contribution in [-0.4, -0.2) is 9.97 Å². The summed E-state index contributed by atoms with van der Waals surface area (Å²) in [6.07, 6.45) is 0. The lowest BCUT2D eigenvalue weighted by Gasteiger charge is -2.08. The number of para-hydroxylation sites is 3. The molecule has 0 aliphatic rings. The minimum atomic E-state index is 0.589. The first-order valence-electron chi connectivity index (χ1n) is 12.6. The summed E-state index contributed by atoms with van der Waals surface area (Å²) in [5, 5.41) is 4.20. The van der Waals surface area contributed by atoms with E-state index in [4.69, 9.17) is 18.8 Å². The van der Waals surface area contributed by atoms with Crippen LogP contribution in [0, 0.1) is 0 Å². The van der Waals surface area contributed by atoms with E-state index in [-0.39, 0.29) is 0 Å². The molecule has 0 N–H and O–H groups in total. The van der Waals surface area contributed by atoms with Gasteiger partial charge in [-0.25, -0.2) is 4.98 Å². The molecule has 3 heterocycles. The summed E-state index contributed by atoms with van der Waals surface area (Å²) in [7, 11) is 0. The SMILES string of the molecule is c1ccc(-c2nc(-c3ccc(-c4cccc5c4oc4ccccc45)cc3)nc3oc4ccccc4c23)cc1. The van der Waals surface area contributed by atoms with Crippen LogP contribution >= 0.6 is 0 Å². The molecule has 0 amide bonds. The highest BCUT2D eigenvalue weighted by Gasteiger charge is 2.18. The highest BCUT2D eigenvalue weighted by molar-refractivity contribution is 6.11. The average molecular weight is 489 g/mol. The Labute approximate surface area is 217 Å². The van der Waals surface area contributed by atoms with Gasteiger partial charge in [0.05, 0.1) is 11.1 Å². The lowest BCUT2D eigenvalue weighted by Crippen LogP contribution is -1.94. The van der Waals surface area contributed by atoms with Gasteiger partial charge in [-0.05, 0) is 17.7 Å². The van der Waals surface area contributed by atoms with Crippen LogP contribution in [0.1, 0.15) is 0 Å². The normalized spacial score (nSPS) is 11.7. The minimum Gasteiger partial charge on any atom is -0.455 e. The summed E-state index contributed by atoms with van der Waals surface area (Å²) in [6, 6.07) is 41.0. The molecule has 0 unspecified atom stereocenters. The Bertz CT molecular complexity index is 2120. The predicted molar refractivity (Wildman–Crippen MR) is 153 cm³/mol. The molecule has 38 heavy (non-hydrogen) atoms. The fraction of sp³-hybridized carbons (Fsp3) is 0. The van der Waals surface area contributed by atoms with Crippen LogP contribution in [0.5, 0.6) is 0 Å². The van der Waals surface area contributed by atoms with E-state index >= 15 is 0 Å². The fourth-order valence-electron chi connectivity index (χ4n) is 5.33. The third-order valence-electron chi connectivity index (χ3n) is 7.14. The van der Waals surface area contributed by atoms with Crippen molar-refractivity contribution in [3.63, 3.8) is 0 Å². The molecule has 0 radical (unpaired) electrons. The Balaban J connectivity index is 1.28. The van der Waals surface area contributed by atoms with Crippen LogP contribution in [0.2, 0.25) is 0 Å². The van der Waals surface area contributed by atoms with E-state index in [1.807, 2.05) is 54.6 Å². The monoisotopic (exact) mass is 488 g/mol. The molecule has 0 saturated heterocycles. The van der Waals surface area contributed by atoms with Crippen molar-refractivity contribution in [2.45, 2.75) is 0 Å². The molecule has 178 valence electrons. The van der Waals surface area contributed by atoms with Crippen LogP contribution in [0.15, 0.2) is 130 Å². The molecule has 0 fully saturated rings. The molecule has 8 aromatic rings. The second kappa shape index (κ2) is 8.15. The molecule has 0 aliphatic carbocycles. The molecule has 4 nitrogen and oxygen atoms in total. The first-order chi connectivity index (χ1) is 18.8. The van der Waals surface area contributed by atoms with Crippen LogP contribution < -0.4 is 0 Å². The van der Waals surface area contributed by atoms with Crippen molar-refractivity contribution >= 4 is 44.0 Å². The van der Waals surface area contributed by atoms with Gasteiger partial charge >= 0.3 is 0 Å². The first-order valence-corrected chi connectivity index (χ1v) is 12.6. The maximum atomic E-state index is 6.26. The highest BCUT2D eigenvalue weighted by atomic mass is 16.3. The smallest absolute Gasteiger partial charge is 0.231 e. The van der Waals surface area contributed by atoms with Crippen molar-refractivity contribution in [3.05, 3.63) is 121 Å². The maximum Gasteiger partial charge on any atom is 0.231 e. The summed E-state index contributed by atoms with van der Waals surface area (Å²) in [5.41, 5.74) is 8.14. The zero-order valence-corrected chi connectivity index (χ0v) is 20.3. The summed E-state index contributed by atoms with van der Waals surface area (Å²) >= 11 is 0.